The molecule has 1 atom stereocenters. The number of likely N-dealkylation sites (tertiary alicyclic amines) is 1. The zero-order valence-corrected chi connectivity index (χ0v) is 12.7. The Bertz CT molecular complexity index is 523. The maximum Gasteiger partial charge on any atom is 0.281 e. The van der Waals surface area contributed by atoms with Crippen molar-refractivity contribution >= 4 is 22.9 Å². The molecule has 5 nitrogen and oxygen atoms in total. The second-order valence-corrected chi connectivity index (χ2v) is 6.42. The Kier molecular flexibility index (Phi) is 4.43. The SMILES string of the molecule is O=C1SCCN1CCC(=O)N1CCC[C@H]1c1ccncc1. The standard InChI is InChI=1S/C15H19N3O2S/c19-14(5-9-17-10-11-21-15(17)20)18-8-1-2-13(18)12-3-6-16-7-4-12/h3-4,6-7,13H,1-2,5,8-11H2/t13-/m0/s1. The van der Waals surface area contributed by atoms with E-state index in [9.17, 15) is 9.59 Å². The maximum atomic E-state index is 12.5. The zero-order valence-electron chi connectivity index (χ0n) is 11.9. The van der Waals surface area contributed by atoms with Crippen LogP contribution in [0.3, 0.4) is 0 Å². The van der Waals surface area contributed by atoms with E-state index in [0.717, 1.165) is 37.2 Å². The minimum atomic E-state index is 0.106. The van der Waals surface area contributed by atoms with Crippen LogP contribution in [0, 0.1) is 0 Å². The topological polar surface area (TPSA) is 53.5 Å². The Balaban J connectivity index is 1.59. The van der Waals surface area contributed by atoms with Crippen LogP contribution in [0.25, 0.3) is 0 Å². The normalized spacial score (nSPS) is 22.1. The third-order valence-corrected chi connectivity index (χ3v) is 5.00. The highest BCUT2D eigenvalue weighted by Crippen LogP contribution is 2.32. The van der Waals surface area contributed by atoms with Gasteiger partial charge in [-0.15, -0.1) is 0 Å². The molecule has 2 saturated heterocycles. The van der Waals surface area contributed by atoms with Crippen LogP contribution in [-0.2, 0) is 4.79 Å². The lowest BCUT2D eigenvalue weighted by Gasteiger charge is -2.26. The maximum absolute atomic E-state index is 12.5. The first-order valence-corrected chi connectivity index (χ1v) is 8.35. The zero-order chi connectivity index (χ0) is 14.7. The number of hydrogen-bond acceptors (Lipinski definition) is 4. The number of aromatic nitrogens is 1. The van der Waals surface area contributed by atoms with Gasteiger partial charge in [0.15, 0.2) is 0 Å². The number of hydrogen-bond donors (Lipinski definition) is 0. The fourth-order valence-corrected chi connectivity index (χ4v) is 3.85. The molecule has 2 aliphatic rings. The molecule has 2 aliphatic heterocycles. The molecule has 0 N–H and O–H groups in total. The van der Waals surface area contributed by atoms with Crippen LogP contribution in [0.4, 0.5) is 4.79 Å². The quantitative estimate of drug-likeness (QED) is 0.856. The van der Waals surface area contributed by atoms with Gasteiger partial charge < -0.3 is 9.80 Å². The monoisotopic (exact) mass is 305 g/mol. The van der Waals surface area contributed by atoms with Gasteiger partial charge in [-0.05, 0) is 30.5 Å². The average Bonchev–Trinajstić information content (AvgIpc) is 3.15. The number of carbonyl (C=O) groups excluding carboxylic acids is 2. The Labute approximate surface area is 128 Å². The van der Waals surface area contributed by atoms with E-state index in [4.69, 9.17) is 0 Å². The predicted octanol–water partition coefficient (Wildman–Crippen LogP) is 2.30. The van der Waals surface area contributed by atoms with Crippen molar-refractivity contribution in [3.63, 3.8) is 0 Å². The van der Waals surface area contributed by atoms with E-state index in [1.165, 1.54) is 11.8 Å². The first-order chi connectivity index (χ1) is 10.3. The molecular formula is C15H19N3O2S. The number of nitrogens with zero attached hydrogens (tertiary/aromatic N) is 3. The molecule has 0 unspecified atom stereocenters. The summed E-state index contributed by atoms with van der Waals surface area (Å²) in [5.41, 5.74) is 1.16. The summed E-state index contributed by atoms with van der Waals surface area (Å²) in [5.74, 6) is 0.995. The van der Waals surface area contributed by atoms with Gasteiger partial charge in [0.25, 0.3) is 5.24 Å². The fourth-order valence-electron chi connectivity index (χ4n) is 3.00. The molecule has 2 amide bonds. The van der Waals surface area contributed by atoms with Crippen LogP contribution < -0.4 is 0 Å². The summed E-state index contributed by atoms with van der Waals surface area (Å²) < 4.78 is 0. The molecule has 0 aliphatic carbocycles. The molecule has 1 aromatic heterocycles. The molecule has 1 aromatic rings. The van der Waals surface area contributed by atoms with Crippen molar-refractivity contribution in [2.24, 2.45) is 0 Å². The van der Waals surface area contributed by atoms with Gasteiger partial charge in [0.05, 0.1) is 6.04 Å². The van der Waals surface area contributed by atoms with Gasteiger partial charge in [-0.2, -0.15) is 0 Å². The molecule has 3 heterocycles. The van der Waals surface area contributed by atoms with E-state index in [1.54, 1.807) is 17.3 Å². The summed E-state index contributed by atoms with van der Waals surface area (Å²) in [6, 6.07) is 4.14. The minimum absolute atomic E-state index is 0.106. The van der Waals surface area contributed by atoms with E-state index in [1.807, 2.05) is 17.0 Å². The Morgan fingerprint density at radius 3 is 2.86 bits per heavy atom. The summed E-state index contributed by atoms with van der Waals surface area (Å²) in [4.78, 5) is 31.8. The van der Waals surface area contributed by atoms with Crippen molar-refractivity contribution in [1.29, 1.82) is 0 Å². The first-order valence-electron chi connectivity index (χ1n) is 7.37. The summed E-state index contributed by atoms with van der Waals surface area (Å²) in [6.07, 6.45) is 6.02. The first kappa shape index (κ1) is 14.4. The Morgan fingerprint density at radius 2 is 2.14 bits per heavy atom. The second kappa shape index (κ2) is 6.47. The van der Waals surface area contributed by atoms with Gasteiger partial charge in [-0.3, -0.25) is 14.6 Å². The lowest BCUT2D eigenvalue weighted by Crippen LogP contribution is -2.34. The molecule has 0 radical (unpaired) electrons. The molecule has 0 aromatic carbocycles. The lowest BCUT2D eigenvalue weighted by atomic mass is 10.1. The van der Waals surface area contributed by atoms with Crippen molar-refractivity contribution in [3.8, 4) is 0 Å². The highest BCUT2D eigenvalue weighted by atomic mass is 32.2. The molecule has 112 valence electrons. The Hall–Kier alpha value is -1.56. The van der Waals surface area contributed by atoms with Crippen LogP contribution in [0.1, 0.15) is 30.9 Å². The van der Waals surface area contributed by atoms with Crippen LogP contribution in [0.2, 0.25) is 0 Å². The summed E-state index contributed by atoms with van der Waals surface area (Å²) in [5, 5.41) is 0.106. The summed E-state index contributed by atoms with van der Waals surface area (Å²) in [6.45, 7) is 2.13. The van der Waals surface area contributed by atoms with Crippen molar-refractivity contribution in [2.45, 2.75) is 25.3 Å². The number of amides is 2. The highest BCUT2D eigenvalue weighted by Gasteiger charge is 2.30. The van der Waals surface area contributed by atoms with Gasteiger partial charge in [-0.1, -0.05) is 11.8 Å². The van der Waals surface area contributed by atoms with Crippen LogP contribution >= 0.6 is 11.8 Å². The molecule has 6 heteroatoms. The van der Waals surface area contributed by atoms with Crippen molar-refractivity contribution in [1.82, 2.24) is 14.8 Å². The predicted molar refractivity (Wildman–Crippen MR) is 82.0 cm³/mol. The van der Waals surface area contributed by atoms with Crippen molar-refractivity contribution in [2.75, 3.05) is 25.4 Å². The van der Waals surface area contributed by atoms with Gasteiger partial charge in [0.1, 0.15) is 0 Å². The van der Waals surface area contributed by atoms with Gasteiger partial charge >= 0.3 is 0 Å². The van der Waals surface area contributed by atoms with Gasteiger partial charge in [-0.25, -0.2) is 0 Å². The third-order valence-electron chi connectivity index (χ3n) is 4.10. The molecular weight excluding hydrogens is 286 g/mol. The molecule has 0 bridgehead atoms. The van der Waals surface area contributed by atoms with E-state index in [-0.39, 0.29) is 17.2 Å². The van der Waals surface area contributed by atoms with Crippen LogP contribution in [0.5, 0.6) is 0 Å². The molecule has 2 fully saturated rings. The number of carbonyl (C=O) groups is 2. The molecule has 21 heavy (non-hydrogen) atoms. The smallest absolute Gasteiger partial charge is 0.281 e. The van der Waals surface area contributed by atoms with Gasteiger partial charge in [0, 0.05) is 44.2 Å². The minimum Gasteiger partial charge on any atom is -0.336 e. The number of thioether (sulfide) groups is 1. The van der Waals surface area contributed by atoms with Crippen LogP contribution in [0.15, 0.2) is 24.5 Å². The fraction of sp³-hybridized carbons (Fsp3) is 0.533. The third kappa shape index (κ3) is 3.20. The Morgan fingerprint density at radius 1 is 1.33 bits per heavy atom. The van der Waals surface area contributed by atoms with E-state index >= 15 is 0 Å². The number of pyridine rings is 1. The van der Waals surface area contributed by atoms with E-state index < -0.39 is 0 Å². The van der Waals surface area contributed by atoms with Crippen molar-refractivity contribution < 1.29 is 9.59 Å². The largest absolute Gasteiger partial charge is 0.336 e. The average molecular weight is 305 g/mol. The molecule has 3 rings (SSSR count). The molecule has 0 saturated carbocycles. The van der Waals surface area contributed by atoms with Gasteiger partial charge in [0.2, 0.25) is 5.91 Å². The highest BCUT2D eigenvalue weighted by molar-refractivity contribution is 8.13. The van der Waals surface area contributed by atoms with E-state index in [0.29, 0.717) is 13.0 Å². The van der Waals surface area contributed by atoms with Crippen LogP contribution in [-0.4, -0.2) is 51.3 Å². The number of rotatable bonds is 4. The summed E-state index contributed by atoms with van der Waals surface area (Å²) >= 11 is 1.34. The lowest BCUT2D eigenvalue weighted by molar-refractivity contribution is -0.132. The van der Waals surface area contributed by atoms with E-state index in [2.05, 4.69) is 4.98 Å². The van der Waals surface area contributed by atoms with Crippen molar-refractivity contribution in [3.05, 3.63) is 30.1 Å². The second-order valence-electron chi connectivity index (χ2n) is 5.38. The molecule has 0 spiro atoms. The summed E-state index contributed by atoms with van der Waals surface area (Å²) in [7, 11) is 0.